The third kappa shape index (κ3) is 3.03. The van der Waals surface area contributed by atoms with Gasteiger partial charge in [-0.15, -0.1) is 0 Å². The maximum atomic E-state index is 13.0. The average molecular weight is 330 g/mol. The molecule has 0 fully saturated rings. The summed E-state index contributed by atoms with van der Waals surface area (Å²) in [6.07, 6.45) is 0.607. The van der Waals surface area contributed by atoms with Gasteiger partial charge in [-0.1, -0.05) is 0 Å². The largest absolute Gasteiger partial charge is 0.493 e. The molecule has 0 amide bonds. The SMILES string of the molecule is COc1ccc(C(=O)c2c(C=O)ccc(OC)c2OC)cc1OC. The molecular formula is C18H18O6. The highest BCUT2D eigenvalue weighted by molar-refractivity contribution is 6.15. The van der Waals surface area contributed by atoms with E-state index in [9.17, 15) is 9.59 Å². The second-order valence-electron chi connectivity index (χ2n) is 4.78. The zero-order chi connectivity index (χ0) is 17.7. The Labute approximate surface area is 139 Å². The fourth-order valence-electron chi connectivity index (χ4n) is 2.40. The second kappa shape index (κ2) is 7.50. The lowest BCUT2D eigenvalue weighted by molar-refractivity contribution is 0.102. The standard InChI is InChI=1S/C18H18O6/c1-21-13-7-5-11(9-15(13)23-3)17(20)16-12(10-19)6-8-14(22-2)18(16)24-4/h5-10H,1-4H3. The average Bonchev–Trinajstić information content (AvgIpc) is 2.65. The minimum Gasteiger partial charge on any atom is -0.493 e. The third-order valence-corrected chi connectivity index (χ3v) is 3.58. The smallest absolute Gasteiger partial charge is 0.197 e. The number of ketones is 1. The Kier molecular flexibility index (Phi) is 5.42. The van der Waals surface area contributed by atoms with Crippen molar-refractivity contribution < 1.29 is 28.5 Å². The van der Waals surface area contributed by atoms with Gasteiger partial charge in [0.05, 0.1) is 34.0 Å². The first kappa shape index (κ1) is 17.3. The number of hydrogen-bond acceptors (Lipinski definition) is 6. The minimum atomic E-state index is -0.381. The first-order valence-electron chi connectivity index (χ1n) is 7.08. The van der Waals surface area contributed by atoms with Gasteiger partial charge in [-0.2, -0.15) is 0 Å². The van der Waals surface area contributed by atoms with Gasteiger partial charge in [0.25, 0.3) is 0 Å². The van der Waals surface area contributed by atoms with Gasteiger partial charge in [0.1, 0.15) is 0 Å². The predicted molar refractivity (Wildman–Crippen MR) is 87.9 cm³/mol. The lowest BCUT2D eigenvalue weighted by atomic mass is 9.97. The minimum absolute atomic E-state index is 0.138. The van der Waals surface area contributed by atoms with Gasteiger partial charge in [0.2, 0.25) is 0 Å². The van der Waals surface area contributed by atoms with E-state index >= 15 is 0 Å². The molecule has 24 heavy (non-hydrogen) atoms. The summed E-state index contributed by atoms with van der Waals surface area (Å²) in [6.45, 7) is 0. The maximum absolute atomic E-state index is 13.0. The van der Waals surface area contributed by atoms with Crippen molar-refractivity contribution >= 4 is 12.1 Å². The van der Waals surface area contributed by atoms with Crippen LogP contribution in [-0.4, -0.2) is 40.5 Å². The molecule has 0 unspecified atom stereocenters. The van der Waals surface area contributed by atoms with E-state index in [0.717, 1.165) is 0 Å². The highest BCUT2D eigenvalue weighted by atomic mass is 16.5. The van der Waals surface area contributed by atoms with E-state index in [1.54, 1.807) is 24.3 Å². The van der Waals surface area contributed by atoms with Crippen LogP contribution in [-0.2, 0) is 0 Å². The normalized spacial score (nSPS) is 10.0. The Bertz CT molecular complexity index is 766. The van der Waals surface area contributed by atoms with E-state index in [4.69, 9.17) is 18.9 Å². The first-order valence-corrected chi connectivity index (χ1v) is 7.08. The van der Waals surface area contributed by atoms with Crippen LogP contribution in [0, 0.1) is 0 Å². The Morgan fingerprint density at radius 3 is 2.00 bits per heavy atom. The number of aldehydes is 1. The summed E-state index contributed by atoms with van der Waals surface area (Å²) in [5.74, 6) is 1.11. The molecule has 0 aromatic heterocycles. The van der Waals surface area contributed by atoms with Crippen LogP contribution >= 0.6 is 0 Å². The number of carbonyl (C=O) groups is 2. The lowest BCUT2D eigenvalue weighted by Gasteiger charge is -2.15. The Morgan fingerprint density at radius 2 is 1.46 bits per heavy atom. The van der Waals surface area contributed by atoms with E-state index in [0.29, 0.717) is 29.1 Å². The molecule has 0 aliphatic heterocycles. The highest BCUT2D eigenvalue weighted by Gasteiger charge is 2.23. The molecule has 126 valence electrons. The molecule has 0 aliphatic carbocycles. The Morgan fingerprint density at radius 1 is 0.833 bits per heavy atom. The van der Waals surface area contributed by atoms with Crippen LogP contribution in [0.1, 0.15) is 26.3 Å². The van der Waals surface area contributed by atoms with Gasteiger partial charge in [-0.25, -0.2) is 0 Å². The third-order valence-electron chi connectivity index (χ3n) is 3.58. The molecule has 6 heteroatoms. The van der Waals surface area contributed by atoms with Gasteiger partial charge >= 0.3 is 0 Å². The van der Waals surface area contributed by atoms with Crippen molar-refractivity contribution in [3.8, 4) is 23.0 Å². The molecule has 2 aromatic carbocycles. The summed E-state index contributed by atoms with van der Waals surface area (Å²) < 4.78 is 20.9. The van der Waals surface area contributed by atoms with Crippen LogP contribution in [0.4, 0.5) is 0 Å². The van der Waals surface area contributed by atoms with Crippen molar-refractivity contribution in [1.82, 2.24) is 0 Å². The number of rotatable bonds is 7. The van der Waals surface area contributed by atoms with Gasteiger partial charge in [0.15, 0.2) is 35.1 Å². The summed E-state index contributed by atoms with van der Waals surface area (Å²) in [6, 6.07) is 7.86. The quantitative estimate of drug-likeness (QED) is 0.574. The van der Waals surface area contributed by atoms with Gasteiger partial charge in [0, 0.05) is 11.1 Å². The number of methoxy groups -OCH3 is 4. The number of benzene rings is 2. The van der Waals surface area contributed by atoms with Crippen molar-refractivity contribution in [3.63, 3.8) is 0 Å². The first-order chi connectivity index (χ1) is 11.6. The lowest BCUT2D eigenvalue weighted by Crippen LogP contribution is -2.09. The van der Waals surface area contributed by atoms with Crippen molar-refractivity contribution in [3.05, 3.63) is 47.0 Å². The predicted octanol–water partition coefficient (Wildman–Crippen LogP) is 2.76. The van der Waals surface area contributed by atoms with Gasteiger partial charge < -0.3 is 18.9 Å². The molecule has 2 aromatic rings. The fourth-order valence-corrected chi connectivity index (χ4v) is 2.40. The molecule has 6 nitrogen and oxygen atoms in total. The molecule has 0 spiro atoms. The fraction of sp³-hybridized carbons (Fsp3) is 0.222. The molecule has 0 saturated carbocycles. The topological polar surface area (TPSA) is 71.1 Å². The van der Waals surface area contributed by atoms with E-state index in [-0.39, 0.29) is 22.7 Å². The molecule has 0 heterocycles. The summed E-state index contributed by atoms with van der Waals surface area (Å²) in [5, 5.41) is 0. The van der Waals surface area contributed by atoms with Crippen LogP contribution in [0.15, 0.2) is 30.3 Å². The molecule has 0 radical (unpaired) electrons. The monoisotopic (exact) mass is 330 g/mol. The summed E-state index contributed by atoms with van der Waals surface area (Å²) in [4.78, 5) is 24.3. The van der Waals surface area contributed by atoms with E-state index in [1.807, 2.05) is 0 Å². The number of carbonyl (C=O) groups excluding carboxylic acids is 2. The second-order valence-corrected chi connectivity index (χ2v) is 4.78. The summed E-state index contributed by atoms with van der Waals surface area (Å²) in [5.41, 5.74) is 0.689. The van der Waals surface area contributed by atoms with Crippen molar-refractivity contribution in [2.75, 3.05) is 28.4 Å². The molecule has 2 rings (SSSR count). The molecule has 0 saturated heterocycles. The zero-order valence-corrected chi connectivity index (χ0v) is 13.9. The van der Waals surface area contributed by atoms with E-state index in [2.05, 4.69) is 0 Å². The van der Waals surface area contributed by atoms with E-state index in [1.165, 1.54) is 34.5 Å². The zero-order valence-electron chi connectivity index (χ0n) is 13.9. The molecule has 0 N–H and O–H groups in total. The number of hydrogen-bond donors (Lipinski definition) is 0. The Hall–Kier alpha value is -3.02. The van der Waals surface area contributed by atoms with Gasteiger partial charge in [-0.3, -0.25) is 9.59 Å². The van der Waals surface area contributed by atoms with E-state index < -0.39 is 0 Å². The van der Waals surface area contributed by atoms with Crippen LogP contribution in [0.2, 0.25) is 0 Å². The molecular weight excluding hydrogens is 312 g/mol. The highest BCUT2D eigenvalue weighted by Crippen LogP contribution is 2.36. The Balaban J connectivity index is 2.63. The number of ether oxygens (including phenoxy) is 4. The summed E-state index contributed by atoms with van der Waals surface area (Å²) >= 11 is 0. The van der Waals surface area contributed by atoms with Crippen molar-refractivity contribution in [1.29, 1.82) is 0 Å². The molecule has 0 atom stereocenters. The van der Waals surface area contributed by atoms with Crippen LogP contribution in [0.25, 0.3) is 0 Å². The van der Waals surface area contributed by atoms with Crippen molar-refractivity contribution in [2.45, 2.75) is 0 Å². The maximum Gasteiger partial charge on any atom is 0.197 e. The molecule has 0 bridgehead atoms. The van der Waals surface area contributed by atoms with Crippen LogP contribution in [0.5, 0.6) is 23.0 Å². The summed E-state index contributed by atoms with van der Waals surface area (Å²) in [7, 11) is 5.87. The molecule has 0 aliphatic rings. The van der Waals surface area contributed by atoms with Crippen LogP contribution < -0.4 is 18.9 Å². The van der Waals surface area contributed by atoms with Crippen LogP contribution in [0.3, 0.4) is 0 Å². The van der Waals surface area contributed by atoms with Crippen molar-refractivity contribution in [2.24, 2.45) is 0 Å². The van der Waals surface area contributed by atoms with Gasteiger partial charge in [-0.05, 0) is 30.3 Å².